The molecule has 0 aromatic carbocycles. The first-order chi connectivity index (χ1) is 8.09. The van der Waals surface area contributed by atoms with Crippen LogP contribution in [-0.2, 0) is 16.1 Å². The van der Waals surface area contributed by atoms with E-state index < -0.39 is 5.97 Å². The molecule has 0 atom stereocenters. The first kappa shape index (κ1) is 13.2. The van der Waals surface area contributed by atoms with Crippen molar-refractivity contribution in [2.24, 2.45) is 0 Å². The fourth-order valence-electron chi connectivity index (χ4n) is 1.47. The molecular formula is C11H17N3O3. The van der Waals surface area contributed by atoms with Gasteiger partial charge in [0.1, 0.15) is 0 Å². The van der Waals surface area contributed by atoms with Gasteiger partial charge in [-0.1, -0.05) is 0 Å². The number of aromatic nitrogens is 2. The second-order valence-corrected chi connectivity index (χ2v) is 3.96. The lowest BCUT2D eigenvalue weighted by Crippen LogP contribution is -2.25. The zero-order valence-electron chi connectivity index (χ0n) is 9.85. The van der Waals surface area contributed by atoms with Crippen LogP contribution in [0.4, 0.5) is 0 Å². The number of rotatable bonds is 7. The molecule has 6 heteroatoms. The van der Waals surface area contributed by atoms with Crippen molar-refractivity contribution in [2.75, 3.05) is 7.05 Å². The topological polar surface area (TPSA) is 86.3 Å². The maximum absolute atomic E-state index is 11.7. The van der Waals surface area contributed by atoms with Gasteiger partial charge in [0.15, 0.2) is 0 Å². The monoisotopic (exact) mass is 239 g/mol. The maximum atomic E-state index is 11.7. The van der Waals surface area contributed by atoms with E-state index in [0.29, 0.717) is 25.8 Å². The summed E-state index contributed by atoms with van der Waals surface area (Å²) in [6.45, 7) is 0.522. The molecule has 0 saturated carbocycles. The quantitative estimate of drug-likeness (QED) is 0.695. The third-order valence-electron chi connectivity index (χ3n) is 2.43. The molecule has 17 heavy (non-hydrogen) atoms. The fraction of sp³-hybridized carbons (Fsp3) is 0.545. The number of aromatic amines is 1. The lowest BCUT2D eigenvalue weighted by molar-refractivity contribution is -0.137. The third kappa shape index (κ3) is 5.14. The fourth-order valence-corrected chi connectivity index (χ4v) is 1.47. The number of nitrogens with zero attached hydrogens (tertiary/aromatic N) is 2. The molecule has 1 heterocycles. The van der Waals surface area contributed by atoms with E-state index in [1.165, 1.54) is 0 Å². The van der Waals surface area contributed by atoms with Crippen molar-refractivity contribution in [3.8, 4) is 0 Å². The minimum Gasteiger partial charge on any atom is -0.481 e. The lowest BCUT2D eigenvalue weighted by atomic mass is 10.2. The molecule has 0 fully saturated rings. The summed E-state index contributed by atoms with van der Waals surface area (Å²) in [5, 5.41) is 14.9. The number of aliphatic carboxylic acids is 1. The molecule has 0 aliphatic rings. The molecule has 0 saturated heterocycles. The van der Waals surface area contributed by atoms with Crippen molar-refractivity contribution in [1.29, 1.82) is 0 Å². The van der Waals surface area contributed by atoms with Gasteiger partial charge in [-0.05, 0) is 12.8 Å². The van der Waals surface area contributed by atoms with Crippen LogP contribution >= 0.6 is 0 Å². The summed E-state index contributed by atoms with van der Waals surface area (Å²) in [6.07, 6.45) is 5.09. The van der Waals surface area contributed by atoms with E-state index in [2.05, 4.69) is 10.2 Å². The summed E-state index contributed by atoms with van der Waals surface area (Å²) < 4.78 is 0. The Balaban J connectivity index is 2.20. The van der Waals surface area contributed by atoms with Gasteiger partial charge in [0.2, 0.25) is 5.91 Å². The SMILES string of the molecule is CN(Cc1cn[nH]c1)C(=O)CCCCC(=O)O. The van der Waals surface area contributed by atoms with Gasteiger partial charge in [-0.15, -0.1) is 0 Å². The van der Waals surface area contributed by atoms with Gasteiger partial charge in [0.25, 0.3) is 0 Å². The Kier molecular flexibility index (Phi) is 5.19. The molecule has 1 amide bonds. The second kappa shape index (κ2) is 6.67. The van der Waals surface area contributed by atoms with Crippen LogP contribution in [0.5, 0.6) is 0 Å². The van der Waals surface area contributed by atoms with E-state index in [1.54, 1.807) is 24.3 Å². The molecule has 1 rings (SSSR count). The lowest BCUT2D eigenvalue weighted by Gasteiger charge is -2.15. The molecule has 0 aliphatic heterocycles. The average Bonchev–Trinajstić information content (AvgIpc) is 2.76. The molecule has 0 bridgehead atoms. The van der Waals surface area contributed by atoms with Gasteiger partial charge in [0.05, 0.1) is 6.20 Å². The number of carbonyl (C=O) groups is 2. The van der Waals surface area contributed by atoms with Gasteiger partial charge in [0, 0.05) is 38.2 Å². The molecule has 1 aromatic heterocycles. The summed E-state index contributed by atoms with van der Waals surface area (Å²) in [7, 11) is 1.73. The summed E-state index contributed by atoms with van der Waals surface area (Å²) in [4.78, 5) is 23.6. The van der Waals surface area contributed by atoms with Crippen LogP contribution in [0, 0.1) is 0 Å². The first-order valence-electron chi connectivity index (χ1n) is 5.53. The summed E-state index contributed by atoms with van der Waals surface area (Å²) in [5.74, 6) is -0.791. The smallest absolute Gasteiger partial charge is 0.303 e. The number of carbonyl (C=O) groups excluding carboxylic acids is 1. The van der Waals surface area contributed by atoms with E-state index in [-0.39, 0.29) is 12.3 Å². The highest BCUT2D eigenvalue weighted by molar-refractivity contribution is 5.75. The second-order valence-electron chi connectivity index (χ2n) is 3.96. The molecule has 0 aliphatic carbocycles. The zero-order valence-corrected chi connectivity index (χ0v) is 9.85. The number of unbranched alkanes of at least 4 members (excludes halogenated alkanes) is 1. The van der Waals surface area contributed by atoms with Crippen LogP contribution in [0.25, 0.3) is 0 Å². The molecule has 1 aromatic rings. The molecule has 2 N–H and O–H groups in total. The van der Waals surface area contributed by atoms with Gasteiger partial charge in [-0.25, -0.2) is 0 Å². The van der Waals surface area contributed by atoms with Crippen molar-refractivity contribution >= 4 is 11.9 Å². The molecule has 0 unspecified atom stereocenters. The highest BCUT2D eigenvalue weighted by Crippen LogP contribution is 2.05. The standard InChI is InChI=1S/C11H17N3O3/c1-14(8-9-6-12-13-7-9)10(15)4-2-3-5-11(16)17/h6-7H,2-5,8H2,1H3,(H,12,13)(H,16,17). The van der Waals surface area contributed by atoms with Gasteiger partial charge in [-0.3, -0.25) is 14.7 Å². The summed E-state index contributed by atoms with van der Waals surface area (Å²) >= 11 is 0. The van der Waals surface area contributed by atoms with Crippen molar-refractivity contribution in [3.63, 3.8) is 0 Å². The number of amides is 1. The van der Waals surface area contributed by atoms with Crippen LogP contribution in [0.3, 0.4) is 0 Å². The Bertz CT molecular complexity index is 362. The summed E-state index contributed by atoms with van der Waals surface area (Å²) in [5.41, 5.74) is 0.950. The summed E-state index contributed by atoms with van der Waals surface area (Å²) in [6, 6.07) is 0. The van der Waals surface area contributed by atoms with Crippen molar-refractivity contribution in [3.05, 3.63) is 18.0 Å². The van der Waals surface area contributed by atoms with Gasteiger partial charge < -0.3 is 10.0 Å². The number of carboxylic acid groups (broad SMARTS) is 1. The number of hydrogen-bond acceptors (Lipinski definition) is 3. The van der Waals surface area contributed by atoms with E-state index >= 15 is 0 Å². The largest absolute Gasteiger partial charge is 0.481 e. The van der Waals surface area contributed by atoms with E-state index in [9.17, 15) is 9.59 Å². The normalized spacial score (nSPS) is 10.2. The van der Waals surface area contributed by atoms with Crippen LogP contribution < -0.4 is 0 Å². The van der Waals surface area contributed by atoms with Crippen molar-refractivity contribution in [2.45, 2.75) is 32.2 Å². The number of hydrogen-bond donors (Lipinski definition) is 2. The predicted molar refractivity (Wildman–Crippen MR) is 61.2 cm³/mol. The van der Waals surface area contributed by atoms with E-state index in [4.69, 9.17) is 5.11 Å². The highest BCUT2D eigenvalue weighted by Gasteiger charge is 2.09. The third-order valence-corrected chi connectivity index (χ3v) is 2.43. The minimum absolute atomic E-state index is 0.0246. The Morgan fingerprint density at radius 1 is 1.41 bits per heavy atom. The predicted octanol–water partition coefficient (Wildman–Crippen LogP) is 1.01. The molecular weight excluding hydrogens is 222 g/mol. The van der Waals surface area contributed by atoms with Crippen LogP contribution in [0.1, 0.15) is 31.2 Å². The van der Waals surface area contributed by atoms with E-state index in [1.807, 2.05) is 0 Å². The van der Waals surface area contributed by atoms with Gasteiger partial charge >= 0.3 is 5.97 Å². The number of carboxylic acids is 1. The number of nitrogens with one attached hydrogen (secondary N) is 1. The maximum Gasteiger partial charge on any atom is 0.303 e. The average molecular weight is 239 g/mol. The first-order valence-corrected chi connectivity index (χ1v) is 5.53. The molecule has 0 spiro atoms. The van der Waals surface area contributed by atoms with Crippen molar-refractivity contribution in [1.82, 2.24) is 15.1 Å². The highest BCUT2D eigenvalue weighted by atomic mass is 16.4. The Hall–Kier alpha value is -1.85. The molecule has 0 radical (unpaired) electrons. The zero-order chi connectivity index (χ0) is 12.7. The number of H-pyrrole nitrogens is 1. The van der Waals surface area contributed by atoms with Gasteiger partial charge in [-0.2, -0.15) is 5.10 Å². The van der Waals surface area contributed by atoms with Crippen LogP contribution in [0.2, 0.25) is 0 Å². The van der Waals surface area contributed by atoms with Crippen LogP contribution in [-0.4, -0.2) is 39.1 Å². The Morgan fingerprint density at radius 3 is 2.71 bits per heavy atom. The minimum atomic E-state index is -0.816. The van der Waals surface area contributed by atoms with Crippen molar-refractivity contribution < 1.29 is 14.7 Å². The molecule has 94 valence electrons. The van der Waals surface area contributed by atoms with Crippen LogP contribution in [0.15, 0.2) is 12.4 Å². The Labute approximate surface area is 99.6 Å². The Morgan fingerprint density at radius 2 is 2.12 bits per heavy atom. The molecule has 6 nitrogen and oxygen atoms in total. The van der Waals surface area contributed by atoms with E-state index in [0.717, 1.165) is 5.56 Å².